The van der Waals surface area contributed by atoms with Crippen LogP contribution in [0, 0.1) is 5.41 Å². The maximum Gasteiger partial charge on any atom is 0.225 e. The zero-order valence-electron chi connectivity index (χ0n) is 10.7. The summed E-state index contributed by atoms with van der Waals surface area (Å²) < 4.78 is 0. The number of allylic oxidation sites excluding steroid dienone is 5. The van der Waals surface area contributed by atoms with E-state index in [9.17, 15) is 9.59 Å². The fourth-order valence-electron chi connectivity index (χ4n) is 1.93. The van der Waals surface area contributed by atoms with Gasteiger partial charge in [0.15, 0.2) is 0 Å². The molecule has 1 rings (SSSR count). The van der Waals surface area contributed by atoms with E-state index in [1.807, 2.05) is 13.0 Å². The summed E-state index contributed by atoms with van der Waals surface area (Å²) in [6.45, 7) is 7.03. The summed E-state index contributed by atoms with van der Waals surface area (Å²) in [5, 5.41) is 8.74. The molecule has 0 heterocycles. The third-order valence-electron chi connectivity index (χ3n) is 3.12. The van der Waals surface area contributed by atoms with Crippen molar-refractivity contribution < 1.29 is 14.7 Å². The van der Waals surface area contributed by atoms with Gasteiger partial charge in [0, 0.05) is 5.57 Å². The van der Waals surface area contributed by atoms with Crippen LogP contribution < -0.4 is 0 Å². The van der Waals surface area contributed by atoms with Crippen molar-refractivity contribution in [2.45, 2.75) is 27.7 Å². The molecule has 0 aliphatic heterocycles. The van der Waals surface area contributed by atoms with Gasteiger partial charge in [0.25, 0.3) is 0 Å². The highest BCUT2D eigenvalue weighted by Gasteiger charge is 2.43. The predicted octanol–water partition coefficient (Wildman–Crippen LogP) is 1.98. The first-order valence-electron chi connectivity index (χ1n) is 5.58. The molecule has 0 aromatic rings. The normalized spacial score (nSPS) is 20.9. The lowest BCUT2D eigenvalue weighted by Crippen LogP contribution is -2.24. The van der Waals surface area contributed by atoms with Crippen molar-refractivity contribution in [2.24, 2.45) is 5.41 Å². The van der Waals surface area contributed by atoms with E-state index in [0.29, 0.717) is 5.57 Å². The van der Waals surface area contributed by atoms with Crippen LogP contribution in [0.15, 0.2) is 34.9 Å². The van der Waals surface area contributed by atoms with Crippen LogP contribution in [-0.4, -0.2) is 23.3 Å². The van der Waals surface area contributed by atoms with Crippen LogP contribution in [0.4, 0.5) is 0 Å². The quantitative estimate of drug-likeness (QED) is 0.600. The molecular formula is C14H18O3. The molecule has 3 nitrogen and oxygen atoms in total. The van der Waals surface area contributed by atoms with Crippen LogP contribution >= 0.6 is 0 Å². The first-order valence-corrected chi connectivity index (χ1v) is 5.58. The maximum absolute atomic E-state index is 11.7. The van der Waals surface area contributed by atoms with E-state index in [0.717, 1.165) is 11.1 Å². The van der Waals surface area contributed by atoms with Crippen LogP contribution in [0.25, 0.3) is 0 Å². The number of hydrogen-bond donors (Lipinski definition) is 1. The molecule has 0 spiro atoms. The average molecular weight is 234 g/mol. The molecule has 0 radical (unpaired) electrons. The number of Topliss-reactive ketones (excluding diaryl/α,β-unsaturated/α-hetero) is 2. The van der Waals surface area contributed by atoms with E-state index in [1.54, 1.807) is 32.9 Å². The lowest BCUT2D eigenvalue weighted by atomic mass is 9.84. The fourth-order valence-corrected chi connectivity index (χ4v) is 1.93. The molecule has 0 aromatic carbocycles. The Bertz CT molecular complexity index is 448. The molecule has 0 unspecified atom stereocenters. The van der Waals surface area contributed by atoms with Crippen molar-refractivity contribution in [2.75, 3.05) is 6.61 Å². The molecule has 0 bridgehead atoms. The Hall–Kier alpha value is -1.48. The second-order valence-corrected chi connectivity index (χ2v) is 4.79. The molecule has 0 saturated carbocycles. The zero-order valence-corrected chi connectivity index (χ0v) is 10.7. The van der Waals surface area contributed by atoms with Crippen LogP contribution in [0.2, 0.25) is 0 Å². The van der Waals surface area contributed by atoms with E-state index < -0.39 is 11.2 Å². The zero-order chi connectivity index (χ0) is 13.2. The maximum atomic E-state index is 11.7. The smallest absolute Gasteiger partial charge is 0.225 e. The molecule has 1 aliphatic rings. The van der Waals surface area contributed by atoms with Crippen molar-refractivity contribution in [3.05, 3.63) is 34.9 Å². The minimum atomic E-state index is -0.739. The Balaban J connectivity index is 3.10. The molecule has 0 aromatic heterocycles. The Morgan fingerprint density at radius 1 is 1.35 bits per heavy atom. The minimum absolute atomic E-state index is 0.0184. The summed E-state index contributed by atoms with van der Waals surface area (Å²) in [4.78, 5) is 23.3. The minimum Gasteiger partial charge on any atom is -0.392 e. The monoisotopic (exact) mass is 234 g/mol. The number of hydrogen-bond acceptors (Lipinski definition) is 3. The van der Waals surface area contributed by atoms with Gasteiger partial charge >= 0.3 is 0 Å². The van der Waals surface area contributed by atoms with Gasteiger partial charge in [-0.15, -0.1) is 0 Å². The molecular weight excluding hydrogens is 216 g/mol. The average Bonchev–Trinajstić information content (AvgIpc) is 2.39. The van der Waals surface area contributed by atoms with Gasteiger partial charge in [-0.2, -0.15) is 0 Å². The van der Waals surface area contributed by atoms with Crippen LogP contribution in [0.1, 0.15) is 27.7 Å². The highest BCUT2D eigenvalue weighted by atomic mass is 16.2. The highest BCUT2D eigenvalue weighted by molar-refractivity contribution is 6.48. The number of aliphatic hydroxyl groups is 1. The molecule has 0 saturated heterocycles. The van der Waals surface area contributed by atoms with E-state index in [1.165, 1.54) is 0 Å². The van der Waals surface area contributed by atoms with Gasteiger partial charge in [-0.1, -0.05) is 23.8 Å². The third-order valence-corrected chi connectivity index (χ3v) is 3.12. The Kier molecular flexibility index (Phi) is 3.83. The number of aliphatic hydroxyl groups excluding tert-OH is 1. The standard InChI is InChI=1S/C14H18O3/c1-9(7-8-15)5-6-11-10(2)12(16)13(17)14(11,3)4/h5-7,15H,8H2,1-4H3. The topological polar surface area (TPSA) is 54.4 Å². The van der Waals surface area contributed by atoms with E-state index >= 15 is 0 Å². The van der Waals surface area contributed by atoms with Gasteiger partial charge in [0.05, 0.1) is 12.0 Å². The lowest BCUT2D eigenvalue weighted by molar-refractivity contribution is -0.137. The first kappa shape index (κ1) is 13.6. The largest absolute Gasteiger partial charge is 0.392 e. The summed E-state index contributed by atoms with van der Waals surface area (Å²) in [5.41, 5.74) is 1.44. The van der Waals surface area contributed by atoms with Crippen LogP contribution in [0.5, 0.6) is 0 Å². The molecule has 1 N–H and O–H groups in total. The fraction of sp³-hybridized carbons (Fsp3) is 0.429. The summed E-state index contributed by atoms with van der Waals surface area (Å²) >= 11 is 0. The Morgan fingerprint density at radius 3 is 2.35 bits per heavy atom. The highest BCUT2D eigenvalue weighted by Crippen LogP contribution is 2.38. The summed E-state index contributed by atoms with van der Waals surface area (Å²) in [6, 6.07) is 0. The second-order valence-electron chi connectivity index (χ2n) is 4.79. The summed E-state index contributed by atoms with van der Waals surface area (Å²) in [6.07, 6.45) is 5.26. The van der Waals surface area contributed by atoms with Gasteiger partial charge in [-0.3, -0.25) is 9.59 Å². The van der Waals surface area contributed by atoms with E-state index in [2.05, 4.69) is 0 Å². The second kappa shape index (κ2) is 4.80. The lowest BCUT2D eigenvalue weighted by Gasteiger charge is -2.17. The number of carbonyl (C=O) groups is 2. The predicted molar refractivity (Wildman–Crippen MR) is 66.5 cm³/mol. The number of rotatable bonds is 3. The summed E-state index contributed by atoms with van der Waals surface area (Å²) in [7, 11) is 0. The molecule has 1 aliphatic carbocycles. The van der Waals surface area contributed by atoms with Gasteiger partial charge in [0.2, 0.25) is 11.6 Å². The number of carbonyl (C=O) groups excluding carboxylic acids is 2. The van der Waals surface area contributed by atoms with Gasteiger partial charge in [-0.25, -0.2) is 0 Å². The Morgan fingerprint density at radius 2 is 1.94 bits per heavy atom. The van der Waals surface area contributed by atoms with Crippen molar-refractivity contribution in [1.29, 1.82) is 0 Å². The molecule has 17 heavy (non-hydrogen) atoms. The molecule has 3 heteroatoms. The molecule has 0 atom stereocenters. The van der Waals surface area contributed by atoms with Crippen LogP contribution in [0.3, 0.4) is 0 Å². The van der Waals surface area contributed by atoms with E-state index in [-0.39, 0.29) is 12.4 Å². The molecule has 0 amide bonds. The first-order chi connectivity index (χ1) is 7.82. The van der Waals surface area contributed by atoms with Gasteiger partial charge < -0.3 is 5.11 Å². The van der Waals surface area contributed by atoms with Crippen molar-refractivity contribution >= 4 is 11.6 Å². The van der Waals surface area contributed by atoms with Crippen molar-refractivity contribution in [3.63, 3.8) is 0 Å². The van der Waals surface area contributed by atoms with Crippen molar-refractivity contribution in [3.8, 4) is 0 Å². The molecule has 0 fully saturated rings. The third kappa shape index (κ3) is 2.44. The van der Waals surface area contributed by atoms with E-state index in [4.69, 9.17) is 5.11 Å². The van der Waals surface area contributed by atoms with Gasteiger partial charge in [0.1, 0.15) is 0 Å². The van der Waals surface area contributed by atoms with Gasteiger partial charge in [-0.05, 0) is 33.3 Å². The van der Waals surface area contributed by atoms with Crippen molar-refractivity contribution in [1.82, 2.24) is 0 Å². The van der Waals surface area contributed by atoms with Crippen LogP contribution in [-0.2, 0) is 9.59 Å². The Labute approximate surface area is 102 Å². The summed E-state index contributed by atoms with van der Waals surface area (Å²) in [5.74, 6) is -0.739. The molecule has 92 valence electrons. The number of ketones is 2. The SMILES string of the molecule is CC(C=CC1=C(C)C(=O)C(=O)C1(C)C)=CCO.